The van der Waals surface area contributed by atoms with Crippen LogP contribution in [-0.4, -0.2) is 30.0 Å². The molecule has 6 nitrogen and oxygen atoms in total. The zero-order valence-corrected chi connectivity index (χ0v) is 10.1. The molecule has 1 heterocycles. The fourth-order valence-corrected chi connectivity index (χ4v) is 2.43. The third kappa shape index (κ3) is 1.60. The van der Waals surface area contributed by atoms with Crippen LogP contribution in [0, 0.1) is 11.8 Å². The molecule has 2 amide bonds. The monoisotopic (exact) mass is 261 g/mol. The number of hydrogen-bond acceptors (Lipinski definition) is 4. The SMILES string of the molecule is COc1cc(N2C(=O)C3CC3C2=O)ccc1C(=O)O. The number of amides is 2. The predicted octanol–water partition coefficient (Wildman–Crippen LogP) is 0.903. The van der Waals surface area contributed by atoms with E-state index in [-0.39, 0.29) is 35.0 Å². The number of fused-ring (bicyclic) bond motifs is 1. The van der Waals surface area contributed by atoms with Gasteiger partial charge in [0.2, 0.25) is 11.8 Å². The predicted molar refractivity (Wildman–Crippen MR) is 64.0 cm³/mol. The molecular weight excluding hydrogens is 250 g/mol. The molecule has 19 heavy (non-hydrogen) atoms. The Morgan fingerprint density at radius 2 is 1.95 bits per heavy atom. The van der Waals surface area contributed by atoms with E-state index in [1.54, 1.807) is 0 Å². The molecule has 2 atom stereocenters. The maximum atomic E-state index is 11.9. The summed E-state index contributed by atoms with van der Waals surface area (Å²) >= 11 is 0. The van der Waals surface area contributed by atoms with Crippen LogP contribution in [0.4, 0.5) is 5.69 Å². The number of benzene rings is 1. The van der Waals surface area contributed by atoms with Gasteiger partial charge in [0, 0.05) is 6.07 Å². The van der Waals surface area contributed by atoms with E-state index < -0.39 is 5.97 Å². The summed E-state index contributed by atoms with van der Waals surface area (Å²) in [6.07, 6.45) is 0.637. The molecule has 2 unspecified atom stereocenters. The van der Waals surface area contributed by atoms with E-state index in [4.69, 9.17) is 9.84 Å². The fourth-order valence-electron chi connectivity index (χ4n) is 2.43. The van der Waals surface area contributed by atoms with Gasteiger partial charge in [-0.15, -0.1) is 0 Å². The van der Waals surface area contributed by atoms with E-state index in [0.29, 0.717) is 12.1 Å². The molecule has 3 rings (SSSR count). The molecule has 0 radical (unpaired) electrons. The Balaban J connectivity index is 2.00. The molecule has 6 heteroatoms. The molecule has 98 valence electrons. The zero-order valence-electron chi connectivity index (χ0n) is 10.1. The lowest BCUT2D eigenvalue weighted by Gasteiger charge is -2.17. The van der Waals surface area contributed by atoms with Crippen LogP contribution in [-0.2, 0) is 9.59 Å². The summed E-state index contributed by atoms with van der Waals surface area (Å²) in [7, 11) is 1.34. The first-order chi connectivity index (χ1) is 9.04. The van der Waals surface area contributed by atoms with Crippen LogP contribution in [0.1, 0.15) is 16.8 Å². The van der Waals surface area contributed by atoms with Crippen molar-refractivity contribution in [3.05, 3.63) is 23.8 Å². The van der Waals surface area contributed by atoms with Crippen molar-refractivity contribution < 1.29 is 24.2 Å². The minimum atomic E-state index is -1.12. The molecule has 1 saturated carbocycles. The number of aromatic carboxylic acids is 1. The van der Waals surface area contributed by atoms with Gasteiger partial charge in [0.1, 0.15) is 11.3 Å². The number of imide groups is 1. The number of hydrogen-bond donors (Lipinski definition) is 1. The Labute approximate surface area is 108 Å². The summed E-state index contributed by atoms with van der Waals surface area (Å²) < 4.78 is 4.99. The lowest BCUT2D eigenvalue weighted by molar-refractivity contribution is -0.123. The van der Waals surface area contributed by atoms with Crippen molar-refractivity contribution in [2.24, 2.45) is 11.8 Å². The summed E-state index contributed by atoms with van der Waals surface area (Å²) in [5, 5.41) is 8.98. The summed E-state index contributed by atoms with van der Waals surface area (Å²) in [6.45, 7) is 0. The van der Waals surface area contributed by atoms with Crippen molar-refractivity contribution in [1.29, 1.82) is 0 Å². The molecule has 1 aromatic carbocycles. The number of methoxy groups -OCH3 is 1. The van der Waals surface area contributed by atoms with Crippen LogP contribution in [0.15, 0.2) is 18.2 Å². The lowest BCUT2D eigenvalue weighted by Crippen LogP contribution is -2.32. The number of rotatable bonds is 3. The van der Waals surface area contributed by atoms with Crippen LogP contribution in [0.5, 0.6) is 5.75 Å². The maximum Gasteiger partial charge on any atom is 0.339 e. The Hall–Kier alpha value is -2.37. The Morgan fingerprint density at radius 1 is 1.32 bits per heavy atom. The normalized spacial score (nSPS) is 24.4. The van der Waals surface area contributed by atoms with Crippen molar-refractivity contribution >= 4 is 23.5 Å². The fraction of sp³-hybridized carbons (Fsp3) is 0.308. The zero-order chi connectivity index (χ0) is 13.7. The molecule has 0 bridgehead atoms. The van der Waals surface area contributed by atoms with Crippen LogP contribution in [0.25, 0.3) is 0 Å². The highest BCUT2D eigenvalue weighted by molar-refractivity contribution is 6.24. The van der Waals surface area contributed by atoms with Crippen molar-refractivity contribution in [3.8, 4) is 5.75 Å². The number of carboxylic acids is 1. The number of carboxylic acid groups (broad SMARTS) is 1. The summed E-state index contributed by atoms with van der Waals surface area (Å²) in [5.74, 6) is -1.77. The Kier molecular flexibility index (Phi) is 2.35. The van der Waals surface area contributed by atoms with Crippen LogP contribution >= 0.6 is 0 Å². The molecule has 1 aromatic rings. The second kappa shape index (κ2) is 3.81. The highest BCUT2D eigenvalue weighted by atomic mass is 16.5. The number of ether oxygens (including phenoxy) is 1. The van der Waals surface area contributed by atoms with Gasteiger partial charge in [0.05, 0.1) is 24.6 Å². The van der Waals surface area contributed by atoms with E-state index >= 15 is 0 Å². The molecule has 1 aliphatic heterocycles. The number of anilines is 1. The number of carbonyl (C=O) groups is 3. The lowest BCUT2D eigenvalue weighted by atomic mass is 10.1. The number of nitrogens with zero attached hydrogens (tertiary/aromatic N) is 1. The number of piperidine rings is 1. The molecule has 0 spiro atoms. The molecule has 1 aliphatic carbocycles. The van der Waals surface area contributed by atoms with Crippen molar-refractivity contribution in [1.82, 2.24) is 0 Å². The molecule has 0 aromatic heterocycles. The summed E-state index contributed by atoms with van der Waals surface area (Å²) in [6, 6.07) is 4.19. The Morgan fingerprint density at radius 3 is 2.47 bits per heavy atom. The van der Waals surface area contributed by atoms with E-state index in [1.165, 1.54) is 25.3 Å². The third-order valence-corrected chi connectivity index (χ3v) is 3.54. The highest BCUT2D eigenvalue weighted by Crippen LogP contribution is 2.48. The third-order valence-electron chi connectivity index (χ3n) is 3.54. The molecule has 1 saturated heterocycles. The van der Waals surface area contributed by atoms with E-state index in [0.717, 1.165) is 4.90 Å². The minimum Gasteiger partial charge on any atom is -0.496 e. The van der Waals surface area contributed by atoms with Gasteiger partial charge >= 0.3 is 5.97 Å². The van der Waals surface area contributed by atoms with Crippen LogP contribution in [0.2, 0.25) is 0 Å². The average molecular weight is 261 g/mol. The number of carbonyl (C=O) groups excluding carboxylic acids is 2. The van der Waals surface area contributed by atoms with Gasteiger partial charge in [-0.05, 0) is 18.6 Å². The van der Waals surface area contributed by atoms with Gasteiger partial charge in [-0.1, -0.05) is 0 Å². The van der Waals surface area contributed by atoms with E-state index in [2.05, 4.69) is 0 Å². The topological polar surface area (TPSA) is 83.9 Å². The van der Waals surface area contributed by atoms with Crippen molar-refractivity contribution in [3.63, 3.8) is 0 Å². The van der Waals surface area contributed by atoms with Gasteiger partial charge < -0.3 is 9.84 Å². The molecule has 2 aliphatic rings. The molecule has 1 N–H and O–H groups in total. The first-order valence-electron chi connectivity index (χ1n) is 5.83. The summed E-state index contributed by atoms with van der Waals surface area (Å²) in [4.78, 5) is 35.9. The van der Waals surface area contributed by atoms with Gasteiger partial charge in [0.25, 0.3) is 0 Å². The first-order valence-corrected chi connectivity index (χ1v) is 5.83. The van der Waals surface area contributed by atoms with E-state index in [1.807, 2.05) is 0 Å². The standard InChI is InChI=1S/C13H11NO5/c1-19-10-4-6(2-3-7(10)13(17)18)14-11(15)8-5-9(8)12(14)16/h2-4,8-9H,5H2,1H3,(H,17,18). The van der Waals surface area contributed by atoms with Crippen molar-refractivity contribution in [2.75, 3.05) is 12.0 Å². The van der Waals surface area contributed by atoms with Crippen LogP contribution < -0.4 is 9.64 Å². The smallest absolute Gasteiger partial charge is 0.339 e. The van der Waals surface area contributed by atoms with Gasteiger partial charge in [0.15, 0.2) is 0 Å². The Bertz CT molecular complexity index is 589. The van der Waals surface area contributed by atoms with E-state index in [9.17, 15) is 14.4 Å². The second-order valence-electron chi connectivity index (χ2n) is 4.65. The van der Waals surface area contributed by atoms with Crippen molar-refractivity contribution in [2.45, 2.75) is 6.42 Å². The van der Waals surface area contributed by atoms with Gasteiger partial charge in [-0.3, -0.25) is 9.59 Å². The van der Waals surface area contributed by atoms with Crippen LogP contribution in [0.3, 0.4) is 0 Å². The quantitative estimate of drug-likeness (QED) is 0.817. The largest absolute Gasteiger partial charge is 0.496 e. The highest BCUT2D eigenvalue weighted by Gasteiger charge is 2.59. The maximum absolute atomic E-state index is 11.9. The first kappa shape index (κ1) is 11.7. The molecular formula is C13H11NO5. The molecule has 2 fully saturated rings. The average Bonchev–Trinajstić information content (AvgIpc) is 3.14. The van der Waals surface area contributed by atoms with Gasteiger partial charge in [-0.25, -0.2) is 9.69 Å². The van der Waals surface area contributed by atoms with Gasteiger partial charge in [-0.2, -0.15) is 0 Å². The second-order valence-corrected chi connectivity index (χ2v) is 4.65. The summed E-state index contributed by atoms with van der Waals surface area (Å²) in [5.41, 5.74) is 0.361. The minimum absolute atomic E-state index is 0.00416.